The van der Waals surface area contributed by atoms with Gasteiger partial charge in [0.25, 0.3) is 0 Å². The van der Waals surface area contributed by atoms with Crippen molar-refractivity contribution in [2.75, 3.05) is 0 Å². The summed E-state index contributed by atoms with van der Waals surface area (Å²) in [4.78, 5) is 23.8. The maximum atomic E-state index is 12.1. The molecule has 3 nitrogen and oxygen atoms in total. The van der Waals surface area contributed by atoms with Crippen molar-refractivity contribution in [1.82, 2.24) is 0 Å². The summed E-state index contributed by atoms with van der Waals surface area (Å²) in [5.74, 6) is 0.566. The number of benzene rings is 2. The molecule has 0 spiro atoms. The van der Waals surface area contributed by atoms with Gasteiger partial charge in [0.05, 0.1) is 0 Å². The van der Waals surface area contributed by atoms with E-state index < -0.39 is 11.6 Å². The number of ether oxygens (including phenoxy) is 1. The molecule has 0 N–H and O–H groups in total. The van der Waals surface area contributed by atoms with Crippen LogP contribution in [-0.4, -0.2) is 11.6 Å². The second-order valence-electron chi connectivity index (χ2n) is 4.92. The molecule has 0 fully saturated rings. The van der Waals surface area contributed by atoms with E-state index in [0.29, 0.717) is 17.7 Å². The zero-order valence-electron chi connectivity index (χ0n) is 10.6. The highest BCUT2D eigenvalue weighted by molar-refractivity contribution is 6.50. The van der Waals surface area contributed by atoms with Crippen LogP contribution in [0.25, 0.3) is 6.08 Å². The van der Waals surface area contributed by atoms with Crippen molar-refractivity contribution in [3.63, 3.8) is 0 Å². The summed E-state index contributed by atoms with van der Waals surface area (Å²) >= 11 is 0. The van der Waals surface area contributed by atoms with Gasteiger partial charge in [-0.1, -0.05) is 30.3 Å². The Labute approximate surface area is 115 Å². The summed E-state index contributed by atoms with van der Waals surface area (Å²) in [7, 11) is 0. The van der Waals surface area contributed by atoms with E-state index in [1.807, 2.05) is 36.4 Å². The highest BCUT2D eigenvalue weighted by Crippen LogP contribution is 2.40. The number of allylic oxidation sites excluding steroid dienone is 1. The van der Waals surface area contributed by atoms with Crippen LogP contribution in [0.1, 0.15) is 27.0 Å². The molecule has 0 aromatic heterocycles. The third-order valence-corrected chi connectivity index (χ3v) is 3.73. The Hall–Kier alpha value is -2.68. The van der Waals surface area contributed by atoms with E-state index in [-0.39, 0.29) is 0 Å². The van der Waals surface area contributed by atoms with Crippen molar-refractivity contribution in [3.8, 4) is 11.5 Å². The van der Waals surface area contributed by atoms with Crippen molar-refractivity contribution in [1.29, 1.82) is 0 Å². The third-order valence-electron chi connectivity index (χ3n) is 3.73. The Balaban J connectivity index is 1.94. The third kappa shape index (κ3) is 1.46. The van der Waals surface area contributed by atoms with Crippen LogP contribution in [-0.2, 0) is 11.2 Å². The first-order valence-corrected chi connectivity index (χ1v) is 6.42. The predicted molar refractivity (Wildman–Crippen MR) is 74.1 cm³/mol. The topological polar surface area (TPSA) is 43.4 Å². The average molecular weight is 262 g/mol. The summed E-state index contributed by atoms with van der Waals surface area (Å²) in [6.07, 6.45) is 3.64. The van der Waals surface area contributed by atoms with Gasteiger partial charge in [-0.15, -0.1) is 0 Å². The number of carbonyl (C=O) groups excluding carboxylic acids is 2. The first kappa shape index (κ1) is 11.2. The fraction of sp³-hybridized carbons (Fsp3) is 0.0588. The van der Waals surface area contributed by atoms with Gasteiger partial charge in [-0.2, -0.15) is 0 Å². The van der Waals surface area contributed by atoms with Gasteiger partial charge >= 0.3 is 0 Å². The summed E-state index contributed by atoms with van der Waals surface area (Å²) in [5, 5.41) is 0. The van der Waals surface area contributed by atoms with Crippen molar-refractivity contribution in [2.24, 2.45) is 0 Å². The summed E-state index contributed by atoms with van der Waals surface area (Å²) in [6.45, 7) is 0. The van der Waals surface area contributed by atoms with Crippen molar-refractivity contribution >= 4 is 17.6 Å². The standard InChI is InChI=1S/C17H10O3/c18-13-7-5-10-6-8-15-12(16(10)17(13)19)9-11-3-1-2-4-14(11)20-15/h1-8H,9H2. The molecular weight excluding hydrogens is 252 g/mol. The number of carbonyl (C=O) groups is 2. The molecule has 0 amide bonds. The first-order valence-electron chi connectivity index (χ1n) is 6.42. The minimum Gasteiger partial charge on any atom is -0.457 e. The number of hydrogen-bond acceptors (Lipinski definition) is 3. The maximum Gasteiger partial charge on any atom is 0.233 e. The molecule has 0 saturated heterocycles. The molecule has 3 heteroatoms. The van der Waals surface area contributed by atoms with E-state index in [1.54, 1.807) is 6.08 Å². The largest absolute Gasteiger partial charge is 0.457 e. The molecule has 0 unspecified atom stereocenters. The SMILES string of the molecule is O=C1C=Cc2ccc3c(c2C1=O)Cc1ccccc1O3. The number of hydrogen-bond donors (Lipinski definition) is 0. The molecule has 2 aliphatic rings. The Morgan fingerprint density at radius 3 is 2.65 bits per heavy atom. The number of para-hydroxylation sites is 1. The van der Waals surface area contributed by atoms with E-state index in [9.17, 15) is 9.59 Å². The molecule has 0 atom stereocenters. The van der Waals surface area contributed by atoms with Gasteiger partial charge in [0.1, 0.15) is 11.5 Å². The molecule has 2 aromatic carbocycles. The van der Waals surface area contributed by atoms with Crippen LogP contribution in [0.4, 0.5) is 0 Å². The van der Waals surface area contributed by atoms with Crippen LogP contribution in [0.3, 0.4) is 0 Å². The molecule has 0 saturated carbocycles. The Bertz CT molecular complexity index is 800. The van der Waals surface area contributed by atoms with Crippen molar-refractivity contribution in [3.05, 3.63) is 64.7 Å². The van der Waals surface area contributed by atoms with Gasteiger partial charge in [0.2, 0.25) is 11.6 Å². The average Bonchev–Trinajstić information content (AvgIpc) is 2.48. The molecule has 4 rings (SSSR count). The smallest absolute Gasteiger partial charge is 0.233 e. The normalized spacial score (nSPS) is 15.2. The van der Waals surface area contributed by atoms with Gasteiger partial charge in [-0.3, -0.25) is 9.59 Å². The van der Waals surface area contributed by atoms with Crippen LogP contribution in [0.2, 0.25) is 0 Å². The van der Waals surface area contributed by atoms with Crippen LogP contribution in [0, 0.1) is 0 Å². The molecule has 1 aliphatic heterocycles. The minimum absolute atomic E-state index is 0.442. The Kier molecular flexibility index (Phi) is 2.18. The summed E-state index contributed by atoms with van der Waals surface area (Å²) < 4.78 is 5.84. The number of fused-ring (bicyclic) bond motifs is 4. The van der Waals surface area contributed by atoms with E-state index >= 15 is 0 Å². The fourth-order valence-electron chi connectivity index (χ4n) is 2.75. The number of Topliss-reactive ketones (excluding diaryl/α,β-unsaturated/α-hetero) is 1. The van der Waals surface area contributed by atoms with E-state index in [0.717, 1.165) is 22.4 Å². The van der Waals surface area contributed by atoms with Gasteiger partial charge in [-0.05, 0) is 29.3 Å². The summed E-state index contributed by atoms with van der Waals surface area (Å²) in [5.41, 5.74) is 3.12. The van der Waals surface area contributed by atoms with Gasteiger partial charge in [0, 0.05) is 17.5 Å². The highest BCUT2D eigenvalue weighted by atomic mass is 16.5. The maximum absolute atomic E-state index is 12.1. The molecule has 1 heterocycles. The zero-order valence-corrected chi connectivity index (χ0v) is 10.6. The van der Waals surface area contributed by atoms with E-state index in [4.69, 9.17) is 4.74 Å². The molecule has 20 heavy (non-hydrogen) atoms. The van der Waals surface area contributed by atoms with Crippen LogP contribution in [0.5, 0.6) is 11.5 Å². The zero-order chi connectivity index (χ0) is 13.7. The van der Waals surface area contributed by atoms with Gasteiger partial charge in [0.15, 0.2) is 0 Å². The second-order valence-corrected chi connectivity index (χ2v) is 4.92. The lowest BCUT2D eigenvalue weighted by atomic mass is 9.86. The Morgan fingerprint density at radius 1 is 0.900 bits per heavy atom. The summed E-state index contributed by atoms with van der Waals surface area (Å²) in [6, 6.07) is 11.4. The van der Waals surface area contributed by atoms with Gasteiger partial charge in [-0.25, -0.2) is 0 Å². The van der Waals surface area contributed by atoms with Crippen molar-refractivity contribution < 1.29 is 14.3 Å². The predicted octanol–water partition coefficient (Wildman–Crippen LogP) is 3.16. The highest BCUT2D eigenvalue weighted by Gasteiger charge is 2.29. The lowest BCUT2D eigenvalue weighted by Crippen LogP contribution is -2.20. The Morgan fingerprint density at radius 2 is 1.75 bits per heavy atom. The molecule has 0 bridgehead atoms. The molecular formula is C17H10O3. The lowest BCUT2D eigenvalue weighted by Gasteiger charge is -2.23. The molecule has 96 valence electrons. The molecule has 0 radical (unpaired) electrons. The molecule has 1 aliphatic carbocycles. The monoisotopic (exact) mass is 262 g/mol. The van der Waals surface area contributed by atoms with Gasteiger partial charge < -0.3 is 4.74 Å². The fourth-order valence-corrected chi connectivity index (χ4v) is 2.75. The van der Waals surface area contributed by atoms with Crippen LogP contribution in [0.15, 0.2) is 42.5 Å². The van der Waals surface area contributed by atoms with E-state index in [1.165, 1.54) is 6.08 Å². The number of ketones is 2. The number of rotatable bonds is 0. The minimum atomic E-state index is -0.468. The van der Waals surface area contributed by atoms with Crippen LogP contribution >= 0.6 is 0 Å². The second kappa shape index (κ2) is 3.90. The first-order chi connectivity index (χ1) is 9.74. The lowest BCUT2D eigenvalue weighted by molar-refractivity contribution is -0.110. The van der Waals surface area contributed by atoms with E-state index in [2.05, 4.69) is 0 Å². The van der Waals surface area contributed by atoms with Crippen LogP contribution < -0.4 is 4.74 Å². The quantitative estimate of drug-likeness (QED) is 0.584. The molecule has 2 aromatic rings. The van der Waals surface area contributed by atoms with Crippen molar-refractivity contribution in [2.45, 2.75) is 6.42 Å².